The molecule has 6 nitrogen and oxygen atoms in total. The van der Waals surface area contributed by atoms with Crippen LogP contribution in [-0.2, 0) is 0 Å². The van der Waals surface area contributed by atoms with Crippen LogP contribution < -0.4 is 15.4 Å². The van der Waals surface area contributed by atoms with E-state index in [4.69, 9.17) is 9.72 Å². The van der Waals surface area contributed by atoms with Gasteiger partial charge in [0.25, 0.3) is 5.91 Å². The molecule has 0 radical (unpaired) electrons. The van der Waals surface area contributed by atoms with Crippen LogP contribution in [0.2, 0.25) is 0 Å². The van der Waals surface area contributed by atoms with E-state index in [0.29, 0.717) is 24.0 Å². The zero-order valence-corrected chi connectivity index (χ0v) is 19.6. The van der Waals surface area contributed by atoms with Gasteiger partial charge in [0, 0.05) is 24.5 Å². The summed E-state index contributed by atoms with van der Waals surface area (Å²) in [6.07, 6.45) is 6.09. The van der Waals surface area contributed by atoms with Crippen molar-refractivity contribution in [3.8, 4) is 5.75 Å². The number of hydrogen-bond acceptors (Lipinski definition) is 5. The molecule has 1 saturated heterocycles. The van der Waals surface area contributed by atoms with Crippen LogP contribution in [0.5, 0.6) is 5.75 Å². The number of likely N-dealkylation sites (tertiary alicyclic amines) is 1. The summed E-state index contributed by atoms with van der Waals surface area (Å²) in [4.78, 5) is 20.5. The Balaban J connectivity index is 1.46. The molecule has 1 aliphatic heterocycles. The third-order valence-electron chi connectivity index (χ3n) is 6.46. The lowest BCUT2D eigenvalue weighted by Crippen LogP contribution is -2.40. The lowest BCUT2D eigenvalue weighted by molar-refractivity contribution is 0.0949. The first kappa shape index (κ1) is 23.1. The van der Waals surface area contributed by atoms with Gasteiger partial charge in [-0.2, -0.15) is 0 Å². The largest absolute Gasteiger partial charge is 0.495 e. The number of rotatable bonds is 9. The van der Waals surface area contributed by atoms with Gasteiger partial charge in [0.05, 0.1) is 23.9 Å². The summed E-state index contributed by atoms with van der Waals surface area (Å²) in [5.41, 5.74) is 2.21. The average molecular weight is 447 g/mol. The van der Waals surface area contributed by atoms with Crippen molar-refractivity contribution in [3.63, 3.8) is 0 Å². The summed E-state index contributed by atoms with van der Waals surface area (Å²) in [6, 6.07) is 18.0. The minimum absolute atomic E-state index is 0.0673. The number of carbonyl (C=O) groups is 1. The number of anilines is 2. The molecule has 1 aromatic heterocycles. The van der Waals surface area contributed by atoms with E-state index in [0.717, 1.165) is 35.3 Å². The minimum Gasteiger partial charge on any atom is -0.495 e. The van der Waals surface area contributed by atoms with Crippen molar-refractivity contribution in [2.75, 3.05) is 32.1 Å². The number of ether oxygens (including phenoxy) is 1. The third kappa shape index (κ3) is 5.63. The molecule has 0 unspecified atom stereocenters. The number of benzene rings is 2. The molecule has 174 valence electrons. The van der Waals surface area contributed by atoms with Gasteiger partial charge in [-0.05, 0) is 56.5 Å². The molecular formula is C27H34N4O2. The maximum Gasteiger partial charge on any atom is 0.252 e. The van der Waals surface area contributed by atoms with Crippen molar-refractivity contribution < 1.29 is 9.53 Å². The molecule has 2 aromatic carbocycles. The van der Waals surface area contributed by atoms with Crippen LogP contribution in [0.3, 0.4) is 0 Å². The van der Waals surface area contributed by atoms with Gasteiger partial charge < -0.3 is 20.3 Å². The number of fused-ring (bicyclic) bond motifs is 1. The van der Waals surface area contributed by atoms with Gasteiger partial charge in [0.1, 0.15) is 11.6 Å². The van der Waals surface area contributed by atoms with Crippen LogP contribution in [0.15, 0.2) is 54.6 Å². The van der Waals surface area contributed by atoms with Crippen LogP contribution in [-0.4, -0.2) is 48.6 Å². The topological polar surface area (TPSA) is 66.5 Å². The summed E-state index contributed by atoms with van der Waals surface area (Å²) in [6.45, 7) is 5.16. The highest BCUT2D eigenvalue weighted by molar-refractivity contribution is 6.07. The fourth-order valence-corrected chi connectivity index (χ4v) is 4.71. The first-order chi connectivity index (χ1) is 16.2. The van der Waals surface area contributed by atoms with Crippen molar-refractivity contribution >= 4 is 28.3 Å². The number of carbonyl (C=O) groups excluding carboxylic acids is 1. The highest BCUT2D eigenvalue weighted by Gasteiger charge is 2.20. The Morgan fingerprint density at radius 2 is 1.97 bits per heavy atom. The summed E-state index contributed by atoms with van der Waals surface area (Å²) >= 11 is 0. The molecule has 3 aromatic rings. The van der Waals surface area contributed by atoms with E-state index in [2.05, 4.69) is 22.5 Å². The predicted octanol–water partition coefficient (Wildman–Crippen LogP) is 5.37. The number of nitrogens with zero attached hydrogens (tertiary/aromatic N) is 2. The molecule has 1 amide bonds. The van der Waals surface area contributed by atoms with E-state index >= 15 is 0 Å². The van der Waals surface area contributed by atoms with Crippen molar-refractivity contribution in [1.82, 2.24) is 15.2 Å². The highest BCUT2D eigenvalue weighted by Crippen LogP contribution is 2.28. The standard InChI is InChI=1S/C27H34N4O2/c1-3-20-11-8-9-17-31(20)18-10-16-28-27(32)22-19-26(29-23-13-5-4-12-21(22)23)30-24-14-6-7-15-25(24)33-2/h4-7,12-15,19-20H,3,8-11,16-18H2,1-2H3,(H,28,32)(H,29,30)/t20-/m1/s1. The fraction of sp³-hybridized carbons (Fsp3) is 0.407. The molecule has 1 aliphatic rings. The number of piperidine rings is 1. The maximum absolute atomic E-state index is 13.2. The number of hydrogen-bond donors (Lipinski definition) is 2. The first-order valence-electron chi connectivity index (χ1n) is 12.0. The summed E-state index contributed by atoms with van der Waals surface area (Å²) in [7, 11) is 1.64. The molecule has 33 heavy (non-hydrogen) atoms. The molecule has 0 aliphatic carbocycles. The molecule has 0 saturated carbocycles. The number of pyridine rings is 1. The lowest BCUT2D eigenvalue weighted by atomic mass is 10.00. The molecule has 2 N–H and O–H groups in total. The average Bonchev–Trinajstić information content (AvgIpc) is 2.86. The van der Waals surface area contributed by atoms with E-state index < -0.39 is 0 Å². The van der Waals surface area contributed by atoms with Crippen LogP contribution >= 0.6 is 0 Å². The van der Waals surface area contributed by atoms with E-state index in [1.807, 2.05) is 54.6 Å². The Hall–Kier alpha value is -3.12. The summed E-state index contributed by atoms with van der Waals surface area (Å²) in [5, 5.41) is 7.29. The number of methoxy groups -OCH3 is 1. The maximum atomic E-state index is 13.2. The van der Waals surface area contributed by atoms with E-state index in [-0.39, 0.29) is 5.91 Å². The molecule has 1 fully saturated rings. The number of amides is 1. The van der Waals surface area contributed by atoms with Gasteiger partial charge in [0.2, 0.25) is 0 Å². The quantitative estimate of drug-likeness (QED) is 0.433. The smallest absolute Gasteiger partial charge is 0.252 e. The monoisotopic (exact) mass is 446 g/mol. The van der Waals surface area contributed by atoms with Crippen LogP contribution in [0.25, 0.3) is 10.9 Å². The Morgan fingerprint density at radius 3 is 2.82 bits per heavy atom. The van der Waals surface area contributed by atoms with Gasteiger partial charge in [-0.25, -0.2) is 4.98 Å². The predicted molar refractivity (Wildman–Crippen MR) is 134 cm³/mol. The van der Waals surface area contributed by atoms with E-state index in [1.165, 1.54) is 32.2 Å². The zero-order valence-electron chi connectivity index (χ0n) is 19.6. The molecule has 4 rings (SSSR count). The summed E-state index contributed by atoms with van der Waals surface area (Å²) < 4.78 is 5.44. The number of nitrogens with one attached hydrogen (secondary N) is 2. The molecule has 2 heterocycles. The summed E-state index contributed by atoms with van der Waals surface area (Å²) in [5.74, 6) is 1.27. The van der Waals surface area contributed by atoms with Gasteiger partial charge in [0.15, 0.2) is 0 Å². The Morgan fingerprint density at radius 1 is 1.15 bits per heavy atom. The molecular weight excluding hydrogens is 412 g/mol. The zero-order chi connectivity index (χ0) is 23.0. The van der Waals surface area contributed by atoms with Gasteiger partial charge in [-0.1, -0.05) is 43.7 Å². The second-order valence-corrected chi connectivity index (χ2v) is 8.60. The Labute approximate surface area is 196 Å². The van der Waals surface area contributed by atoms with Crippen molar-refractivity contribution in [2.45, 2.75) is 45.1 Å². The van der Waals surface area contributed by atoms with Gasteiger partial charge >= 0.3 is 0 Å². The van der Waals surface area contributed by atoms with Crippen LogP contribution in [0.4, 0.5) is 11.5 Å². The van der Waals surface area contributed by atoms with Gasteiger partial charge in [-0.3, -0.25) is 4.79 Å². The van der Waals surface area contributed by atoms with Crippen LogP contribution in [0.1, 0.15) is 49.4 Å². The van der Waals surface area contributed by atoms with Crippen LogP contribution in [0, 0.1) is 0 Å². The lowest BCUT2D eigenvalue weighted by Gasteiger charge is -2.35. The van der Waals surface area contributed by atoms with E-state index in [1.54, 1.807) is 7.11 Å². The number of para-hydroxylation sites is 3. The normalized spacial score (nSPS) is 16.5. The van der Waals surface area contributed by atoms with Crippen molar-refractivity contribution in [3.05, 3.63) is 60.2 Å². The molecule has 1 atom stereocenters. The Kier molecular flexibility index (Phi) is 7.79. The number of aromatic nitrogens is 1. The minimum atomic E-state index is -0.0673. The molecule has 0 bridgehead atoms. The van der Waals surface area contributed by atoms with E-state index in [9.17, 15) is 4.79 Å². The third-order valence-corrected chi connectivity index (χ3v) is 6.46. The fourth-order valence-electron chi connectivity index (χ4n) is 4.71. The molecule has 0 spiro atoms. The molecule has 6 heteroatoms. The highest BCUT2D eigenvalue weighted by atomic mass is 16.5. The Bertz CT molecular complexity index is 1080. The van der Waals surface area contributed by atoms with Crippen molar-refractivity contribution in [1.29, 1.82) is 0 Å². The second kappa shape index (κ2) is 11.1. The van der Waals surface area contributed by atoms with Crippen molar-refractivity contribution in [2.24, 2.45) is 0 Å². The van der Waals surface area contributed by atoms with Gasteiger partial charge in [-0.15, -0.1) is 0 Å². The second-order valence-electron chi connectivity index (χ2n) is 8.60. The first-order valence-corrected chi connectivity index (χ1v) is 12.0. The SMILES string of the molecule is CC[C@@H]1CCCCN1CCCNC(=O)c1cc(Nc2ccccc2OC)nc2ccccc12.